The first-order valence-corrected chi connectivity index (χ1v) is 30.0. The Balaban J connectivity index is 1.82. The van der Waals surface area contributed by atoms with Gasteiger partial charge in [-0.3, -0.25) is 62.3 Å². The lowest BCUT2D eigenvalue weighted by Gasteiger charge is -2.31. The molecule has 14 N–H and O–H groups in total. The molecule has 0 fully saturated rings. The van der Waals surface area contributed by atoms with Crippen LogP contribution in [0.5, 0.6) is 0 Å². The molecule has 0 bridgehead atoms. The number of nitrogens with two attached hydrogens (primary N) is 2. The van der Waals surface area contributed by atoms with Crippen LogP contribution in [0.2, 0.25) is 0 Å². The number of carbonyl (C=O) groups excluding carboxylic acids is 13. The van der Waals surface area contributed by atoms with Gasteiger partial charge < -0.3 is 74.2 Å². The maximum absolute atomic E-state index is 14.6. The third-order valence-electron chi connectivity index (χ3n) is 14.0. The van der Waals surface area contributed by atoms with Gasteiger partial charge in [-0.1, -0.05) is 130 Å². The van der Waals surface area contributed by atoms with Crippen LogP contribution in [0.15, 0.2) is 91.0 Å². The van der Waals surface area contributed by atoms with Crippen molar-refractivity contribution in [3.63, 3.8) is 0 Å². The van der Waals surface area contributed by atoms with Crippen LogP contribution in [-0.2, 0) is 80.9 Å². The summed E-state index contributed by atoms with van der Waals surface area (Å²) < 4.78 is 0. The normalized spacial score (nSPS) is 14.4. The first-order valence-electron chi connectivity index (χ1n) is 29.1. The van der Waals surface area contributed by atoms with Gasteiger partial charge in [-0.15, -0.1) is 0 Å². The zero-order chi connectivity index (χ0) is 66.7. The zero-order valence-electron chi connectivity index (χ0n) is 52.0. The number of benzene rings is 3. The van der Waals surface area contributed by atoms with Gasteiger partial charge in [0.05, 0.1) is 25.7 Å². The molecule has 0 saturated heterocycles. The molecule has 3 rings (SSSR count). The van der Waals surface area contributed by atoms with Gasteiger partial charge in [-0.2, -0.15) is 0 Å². The largest absolute Gasteiger partial charge is 0.394 e. The summed E-state index contributed by atoms with van der Waals surface area (Å²) in [6.45, 7) is 10.3. The number of aliphatic hydroxyl groups excluding tert-OH is 1. The van der Waals surface area contributed by atoms with Crippen molar-refractivity contribution in [2.45, 2.75) is 147 Å². The Morgan fingerprint density at radius 2 is 1.00 bits per heavy atom. The van der Waals surface area contributed by atoms with Gasteiger partial charge in [-0.05, 0) is 62.6 Å². The minimum Gasteiger partial charge on any atom is -0.394 e. The fourth-order valence-electron chi connectivity index (χ4n) is 8.69. The monoisotopic (exact) mass is 1260 g/mol. The first-order chi connectivity index (χ1) is 41.9. The summed E-state index contributed by atoms with van der Waals surface area (Å²) in [7, 11) is 2.61. The molecule has 0 unspecified atom stereocenters. The van der Waals surface area contributed by atoms with E-state index < -0.39 is 168 Å². The van der Waals surface area contributed by atoms with Crippen molar-refractivity contribution in [1.29, 1.82) is 0 Å². The maximum atomic E-state index is 14.6. The van der Waals surface area contributed by atoms with Crippen molar-refractivity contribution in [3.05, 3.63) is 108 Å². The summed E-state index contributed by atoms with van der Waals surface area (Å²) in [5, 5.41) is 32.0. The highest BCUT2D eigenvalue weighted by molar-refractivity contribution is 8.12. The predicted octanol–water partition coefficient (Wildman–Crippen LogP) is -1.81. The highest BCUT2D eigenvalue weighted by Crippen LogP contribution is 2.18. The van der Waals surface area contributed by atoms with E-state index in [1.54, 1.807) is 119 Å². The third-order valence-corrected chi connectivity index (χ3v) is 15.0. The SMILES string of the molecule is CC(C)C[C@H](NC(=O)CNC(=O)[C@H](Cc1ccccc1)N(C)C(=O)[C@H](C)NC(=O)[C@H](C)N)C(=O)N[C@@H](C)C(=O)N[C@H](C(=O)N[C@@H](Cc1ccccc1)C(=O)N[C@@H](CC(=O)SCc1ccccc1)C(=O)N(C)[C@@H](C)C(=O)N[C@@H](CO)C(=O)NCC(N)=O)C(C)C. The third kappa shape index (κ3) is 25.5. The van der Waals surface area contributed by atoms with Crippen molar-refractivity contribution >= 4 is 87.8 Å². The Kier molecular flexibility index (Phi) is 31.1. The number of hydrogen-bond acceptors (Lipinski definition) is 16. The van der Waals surface area contributed by atoms with Crippen molar-refractivity contribution < 1.29 is 67.4 Å². The molecule has 0 spiro atoms. The highest BCUT2D eigenvalue weighted by atomic mass is 32.2. The Morgan fingerprint density at radius 3 is 1.53 bits per heavy atom. The highest BCUT2D eigenvalue weighted by Gasteiger charge is 2.37. The number of thioether (sulfide) groups is 1. The van der Waals surface area contributed by atoms with E-state index in [0.29, 0.717) is 11.1 Å². The lowest BCUT2D eigenvalue weighted by Crippen LogP contribution is -2.61. The van der Waals surface area contributed by atoms with E-state index in [-0.39, 0.29) is 30.9 Å². The molecule has 10 atom stereocenters. The minimum atomic E-state index is -1.65. The number of likely N-dealkylation sites (N-methyl/N-ethyl adjacent to an activating group) is 2. The van der Waals surface area contributed by atoms with Crippen LogP contribution in [0.1, 0.15) is 84.9 Å². The lowest BCUT2D eigenvalue weighted by atomic mass is 10.00. The second kappa shape index (κ2) is 37.2. The van der Waals surface area contributed by atoms with Crippen LogP contribution >= 0.6 is 11.8 Å². The number of aliphatic hydroxyl groups is 1. The van der Waals surface area contributed by atoms with Gasteiger partial charge in [0.2, 0.25) is 70.9 Å². The number of hydrogen-bond donors (Lipinski definition) is 12. The Bertz CT molecular complexity index is 2920. The standard InChI is InChI=1S/C61H87N13O14S/c1-34(2)26-43(68-49(77)31-65-58(85)47(28-41-22-16-12-17-23-41)74(10)60(87)38(7)67-52(79)36(5)62)56(83)66-37(6)53(80)72-51(35(3)4)59(86)69-44(27-40-20-14-11-15-21-40)57(84)70-45(29-50(78)89-33-42-24-18-13-19-25-42)61(88)73(9)39(8)54(81)71-46(32-75)55(82)64-30-48(63)76/h11-25,34-39,43-47,51,75H,26-33,62H2,1-10H3,(H2,63,76)(H,64,82)(H,65,85)(H,66,83)(H,67,79)(H,68,77)(H,69,86)(H,70,84)(H,71,81)(H,72,80)/t36-,37-,38-,39-,43-,44-,45-,46-,47-,51-/m0/s1. The molecule has 28 heteroatoms. The predicted molar refractivity (Wildman–Crippen MR) is 332 cm³/mol. The summed E-state index contributed by atoms with van der Waals surface area (Å²) in [4.78, 5) is 177. The molecule has 0 aliphatic rings. The topological polar surface area (TPSA) is 409 Å². The summed E-state index contributed by atoms with van der Waals surface area (Å²) in [6.07, 6.45) is -0.628. The summed E-state index contributed by atoms with van der Waals surface area (Å²) in [5.41, 5.74) is 12.8. The molecule has 0 aliphatic heterocycles. The quantitative estimate of drug-likeness (QED) is 0.0309. The van der Waals surface area contributed by atoms with Crippen molar-refractivity contribution in [1.82, 2.24) is 57.7 Å². The van der Waals surface area contributed by atoms with E-state index in [2.05, 4.69) is 47.9 Å². The number of primary amides is 1. The van der Waals surface area contributed by atoms with Crippen LogP contribution in [0, 0.1) is 11.8 Å². The molecule has 27 nitrogen and oxygen atoms in total. The van der Waals surface area contributed by atoms with Gasteiger partial charge in [0, 0.05) is 39.1 Å². The van der Waals surface area contributed by atoms with E-state index in [1.807, 2.05) is 0 Å². The van der Waals surface area contributed by atoms with Crippen molar-refractivity contribution in [2.75, 3.05) is 33.8 Å². The Hall–Kier alpha value is -8.76. The average molecular weight is 1260 g/mol. The first kappa shape index (κ1) is 74.5. The summed E-state index contributed by atoms with van der Waals surface area (Å²) >= 11 is 0.869. The van der Waals surface area contributed by atoms with Crippen LogP contribution in [0.25, 0.3) is 0 Å². The van der Waals surface area contributed by atoms with E-state index in [0.717, 1.165) is 27.1 Å². The van der Waals surface area contributed by atoms with Crippen LogP contribution in [0.4, 0.5) is 0 Å². The molecule has 0 heterocycles. The fraction of sp³-hybridized carbons (Fsp3) is 0.492. The fourth-order valence-corrected chi connectivity index (χ4v) is 9.49. The van der Waals surface area contributed by atoms with E-state index in [1.165, 1.54) is 41.8 Å². The smallest absolute Gasteiger partial charge is 0.246 e. The number of amides is 12. The molecule has 0 aliphatic carbocycles. The van der Waals surface area contributed by atoms with Crippen LogP contribution < -0.4 is 59.3 Å². The van der Waals surface area contributed by atoms with Crippen LogP contribution in [0.3, 0.4) is 0 Å². The number of carbonyl (C=O) groups is 13. The van der Waals surface area contributed by atoms with Gasteiger partial charge in [0.25, 0.3) is 0 Å². The molecule has 0 aromatic heterocycles. The molecule has 0 saturated carbocycles. The van der Waals surface area contributed by atoms with Crippen molar-refractivity contribution in [2.24, 2.45) is 23.3 Å². The van der Waals surface area contributed by atoms with E-state index in [9.17, 15) is 67.4 Å². The van der Waals surface area contributed by atoms with Gasteiger partial charge >= 0.3 is 0 Å². The molecule has 12 amide bonds. The lowest BCUT2D eigenvalue weighted by molar-refractivity contribution is -0.143. The molecular formula is C61H87N13O14S. The van der Waals surface area contributed by atoms with E-state index in [4.69, 9.17) is 11.5 Å². The van der Waals surface area contributed by atoms with Gasteiger partial charge in [0.15, 0.2) is 5.12 Å². The van der Waals surface area contributed by atoms with E-state index >= 15 is 0 Å². The molecule has 486 valence electrons. The summed E-state index contributed by atoms with van der Waals surface area (Å²) in [6, 6.07) is 13.2. The Labute approximate surface area is 522 Å². The minimum absolute atomic E-state index is 0.0407. The molecule has 3 aromatic rings. The second-order valence-electron chi connectivity index (χ2n) is 22.3. The Morgan fingerprint density at radius 1 is 0.494 bits per heavy atom. The average Bonchev–Trinajstić information content (AvgIpc) is 1.73. The van der Waals surface area contributed by atoms with Crippen LogP contribution in [-0.4, -0.2) is 185 Å². The van der Waals surface area contributed by atoms with Gasteiger partial charge in [0.1, 0.15) is 54.4 Å². The summed E-state index contributed by atoms with van der Waals surface area (Å²) in [5.74, 6) is -10.4. The molecule has 89 heavy (non-hydrogen) atoms. The maximum Gasteiger partial charge on any atom is 0.246 e. The number of rotatable bonds is 35. The molecule has 0 radical (unpaired) electrons. The van der Waals surface area contributed by atoms with Crippen molar-refractivity contribution in [3.8, 4) is 0 Å². The number of nitrogens with one attached hydrogen (secondary N) is 9. The zero-order valence-corrected chi connectivity index (χ0v) is 52.8. The second-order valence-corrected chi connectivity index (χ2v) is 23.3. The van der Waals surface area contributed by atoms with Gasteiger partial charge in [-0.25, -0.2) is 0 Å². The number of nitrogens with zero attached hydrogens (tertiary/aromatic N) is 2. The molecular weight excluding hydrogens is 1170 g/mol. The molecule has 3 aromatic carbocycles.